The van der Waals surface area contributed by atoms with Crippen molar-refractivity contribution in [3.05, 3.63) is 66.4 Å². The van der Waals surface area contributed by atoms with Crippen molar-refractivity contribution in [3.63, 3.8) is 0 Å². The van der Waals surface area contributed by atoms with Crippen LogP contribution in [0.2, 0.25) is 0 Å². The minimum absolute atomic E-state index is 0.143. The highest BCUT2D eigenvalue weighted by Gasteiger charge is 2.33. The van der Waals surface area contributed by atoms with Crippen LogP contribution in [0.5, 0.6) is 0 Å². The molecule has 0 amide bonds. The number of halogens is 1. The van der Waals surface area contributed by atoms with Gasteiger partial charge in [-0.3, -0.25) is 4.68 Å². The molecule has 36 heavy (non-hydrogen) atoms. The number of hydrogen-bond donors (Lipinski definition) is 0. The van der Waals surface area contributed by atoms with Crippen LogP contribution in [0.4, 0.5) is 10.1 Å². The predicted octanol–water partition coefficient (Wildman–Crippen LogP) is 4.37. The van der Waals surface area contributed by atoms with Gasteiger partial charge in [0.1, 0.15) is 10.7 Å². The van der Waals surface area contributed by atoms with E-state index in [9.17, 15) is 12.8 Å². The average molecular weight is 511 g/mol. The summed E-state index contributed by atoms with van der Waals surface area (Å²) >= 11 is 0. The van der Waals surface area contributed by atoms with E-state index < -0.39 is 10.0 Å². The number of anilines is 1. The summed E-state index contributed by atoms with van der Waals surface area (Å²) < 4.78 is 45.0. The van der Waals surface area contributed by atoms with E-state index in [4.69, 9.17) is 0 Å². The molecular formula is C26H31FN6O2S. The van der Waals surface area contributed by atoms with E-state index in [0.717, 1.165) is 53.6 Å². The second kappa shape index (κ2) is 9.67. The molecule has 2 aromatic carbocycles. The quantitative estimate of drug-likeness (QED) is 0.369. The van der Waals surface area contributed by atoms with Gasteiger partial charge >= 0.3 is 0 Å². The third kappa shape index (κ3) is 4.51. The molecule has 0 aliphatic carbocycles. The number of sulfonamides is 1. The van der Waals surface area contributed by atoms with Gasteiger partial charge in [0.15, 0.2) is 0 Å². The van der Waals surface area contributed by atoms with Crippen LogP contribution in [0.15, 0.2) is 59.9 Å². The smallest absolute Gasteiger partial charge is 0.246 e. The summed E-state index contributed by atoms with van der Waals surface area (Å²) in [5.41, 5.74) is 3.90. The summed E-state index contributed by atoms with van der Waals surface area (Å²) in [7, 11) is -1.96. The van der Waals surface area contributed by atoms with Crippen molar-refractivity contribution in [2.24, 2.45) is 0 Å². The third-order valence-electron chi connectivity index (χ3n) is 6.95. The molecule has 3 heterocycles. The molecule has 1 saturated heterocycles. The zero-order chi connectivity index (χ0) is 25.4. The van der Waals surface area contributed by atoms with E-state index >= 15 is 0 Å². The van der Waals surface area contributed by atoms with Gasteiger partial charge in [0.2, 0.25) is 10.0 Å². The van der Waals surface area contributed by atoms with E-state index in [1.807, 2.05) is 17.8 Å². The molecule has 0 bridgehead atoms. The van der Waals surface area contributed by atoms with Crippen molar-refractivity contribution < 1.29 is 12.8 Å². The van der Waals surface area contributed by atoms with Gasteiger partial charge in [-0.1, -0.05) is 6.92 Å². The standard InChI is InChI=1S/C26H31FN6O2S/c1-4-11-32-18-24(16-28-32)36(34,35)30(3)23-6-5-12-31(17-23)25-14-20-15-29-33(26(20)13-19(25)2)22-9-7-21(27)8-10-22/h7-10,13-16,18,23H,4-6,11-12,17H2,1-3H3/t23-/m1/s1. The fourth-order valence-corrected chi connectivity index (χ4v) is 6.29. The number of hydrogen-bond acceptors (Lipinski definition) is 5. The zero-order valence-corrected chi connectivity index (χ0v) is 21.6. The summed E-state index contributed by atoms with van der Waals surface area (Å²) in [5, 5.41) is 9.71. The molecule has 0 spiro atoms. The first kappa shape index (κ1) is 24.5. The Labute approximate surface area is 211 Å². The Hall–Kier alpha value is -3.24. The van der Waals surface area contributed by atoms with Gasteiger partial charge in [0.05, 0.1) is 23.6 Å². The molecule has 5 rings (SSSR count). The summed E-state index contributed by atoms with van der Waals surface area (Å²) in [6.45, 7) is 6.25. The van der Waals surface area contributed by atoms with Crippen LogP contribution in [-0.2, 0) is 16.6 Å². The highest BCUT2D eigenvalue weighted by atomic mass is 32.2. The fraction of sp³-hybridized carbons (Fsp3) is 0.385. The number of nitrogens with zero attached hydrogens (tertiary/aromatic N) is 6. The van der Waals surface area contributed by atoms with Crippen LogP contribution in [-0.4, -0.2) is 58.5 Å². The maximum Gasteiger partial charge on any atom is 0.246 e. The highest BCUT2D eigenvalue weighted by Crippen LogP contribution is 2.31. The summed E-state index contributed by atoms with van der Waals surface area (Å²) in [5.74, 6) is -0.282. The van der Waals surface area contributed by atoms with E-state index in [1.165, 1.54) is 22.6 Å². The van der Waals surface area contributed by atoms with Crippen LogP contribution in [0.1, 0.15) is 31.7 Å². The molecule has 190 valence electrons. The van der Waals surface area contributed by atoms with Crippen molar-refractivity contribution in [1.29, 1.82) is 0 Å². The van der Waals surface area contributed by atoms with E-state index in [0.29, 0.717) is 13.1 Å². The summed E-state index contributed by atoms with van der Waals surface area (Å²) in [6.07, 6.45) is 7.46. The van der Waals surface area contributed by atoms with Crippen molar-refractivity contribution >= 4 is 26.6 Å². The van der Waals surface area contributed by atoms with Crippen LogP contribution in [0.25, 0.3) is 16.6 Å². The Bertz CT molecular complexity index is 1480. The largest absolute Gasteiger partial charge is 0.370 e. The topological polar surface area (TPSA) is 76.3 Å². The number of aromatic nitrogens is 4. The molecular weight excluding hydrogens is 479 g/mol. The maximum absolute atomic E-state index is 13.4. The van der Waals surface area contributed by atoms with Crippen molar-refractivity contribution in [2.75, 3.05) is 25.0 Å². The first-order valence-corrected chi connectivity index (χ1v) is 13.7. The second-order valence-electron chi connectivity index (χ2n) is 9.43. The Kier molecular flexibility index (Phi) is 6.57. The monoisotopic (exact) mass is 510 g/mol. The van der Waals surface area contributed by atoms with E-state index in [1.54, 1.807) is 30.1 Å². The highest BCUT2D eigenvalue weighted by molar-refractivity contribution is 7.89. The minimum atomic E-state index is -3.63. The van der Waals surface area contributed by atoms with Gasteiger partial charge in [0, 0.05) is 50.0 Å². The van der Waals surface area contributed by atoms with Crippen LogP contribution in [0.3, 0.4) is 0 Å². The normalized spacial score (nSPS) is 16.8. The number of aryl methyl sites for hydroxylation is 2. The van der Waals surface area contributed by atoms with Gasteiger partial charge in [-0.15, -0.1) is 0 Å². The number of piperidine rings is 1. The Morgan fingerprint density at radius 3 is 2.67 bits per heavy atom. The molecule has 1 atom stereocenters. The van der Waals surface area contributed by atoms with Gasteiger partial charge in [-0.25, -0.2) is 17.5 Å². The Morgan fingerprint density at radius 1 is 1.14 bits per heavy atom. The van der Waals surface area contributed by atoms with Crippen LogP contribution >= 0.6 is 0 Å². The van der Waals surface area contributed by atoms with Gasteiger partial charge < -0.3 is 4.90 Å². The first-order valence-electron chi connectivity index (χ1n) is 12.3. The Balaban J connectivity index is 1.39. The molecule has 2 aromatic heterocycles. The molecule has 1 fully saturated rings. The van der Waals surface area contributed by atoms with E-state index in [-0.39, 0.29) is 16.8 Å². The molecule has 1 aliphatic heterocycles. The SMILES string of the molecule is CCCn1cc(S(=O)(=O)N(C)[C@@H]2CCCN(c3cc4cnn(-c5ccc(F)cc5)c4cc3C)C2)cn1. The number of fused-ring (bicyclic) bond motifs is 1. The average Bonchev–Trinajstić information content (AvgIpc) is 3.51. The Morgan fingerprint density at radius 2 is 1.92 bits per heavy atom. The van der Waals surface area contributed by atoms with Crippen molar-refractivity contribution in [3.8, 4) is 5.69 Å². The van der Waals surface area contributed by atoms with Crippen molar-refractivity contribution in [2.45, 2.75) is 50.6 Å². The zero-order valence-electron chi connectivity index (χ0n) is 20.8. The van der Waals surface area contributed by atoms with Gasteiger partial charge in [0.25, 0.3) is 0 Å². The van der Waals surface area contributed by atoms with Gasteiger partial charge in [-0.05, 0) is 68.1 Å². The lowest BCUT2D eigenvalue weighted by molar-refractivity contribution is 0.320. The number of benzene rings is 2. The molecule has 0 unspecified atom stereocenters. The number of rotatable bonds is 7. The van der Waals surface area contributed by atoms with Crippen LogP contribution < -0.4 is 4.90 Å². The first-order chi connectivity index (χ1) is 17.3. The molecule has 8 nitrogen and oxygen atoms in total. The van der Waals surface area contributed by atoms with Gasteiger partial charge in [-0.2, -0.15) is 14.5 Å². The summed E-state index contributed by atoms with van der Waals surface area (Å²) in [6, 6.07) is 10.3. The molecule has 0 saturated carbocycles. The predicted molar refractivity (Wildman–Crippen MR) is 138 cm³/mol. The molecule has 0 radical (unpaired) electrons. The second-order valence-corrected chi connectivity index (χ2v) is 11.4. The van der Waals surface area contributed by atoms with Crippen LogP contribution in [0, 0.1) is 12.7 Å². The molecule has 0 N–H and O–H groups in total. The lowest BCUT2D eigenvalue weighted by atomic mass is 10.0. The number of likely N-dealkylation sites (N-methyl/N-ethyl adjacent to an activating group) is 1. The lowest BCUT2D eigenvalue weighted by Crippen LogP contribution is -2.48. The lowest BCUT2D eigenvalue weighted by Gasteiger charge is -2.38. The molecule has 10 heteroatoms. The fourth-order valence-electron chi connectivity index (χ4n) is 4.96. The van der Waals surface area contributed by atoms with Crippen molar-refractivity contribution in [1.82, 2.24) is 23.9 Å². The maximum atomic E-state index is 13.4. The van der Waals surface area contributed by atoms with E-state index in [2.05, 4.69) is 34.2 Å². The third-order valence-corrected chi connectivity index (χ3v) is 8.81. The molecule has 4 aromatic rings. The molecule has 1 aliphatic rings. The minimum Gasteiger partial charge on any atom is -0.370 e. The summed E-state index contributed by atoms with van der Waals surface area (Å²) in [4.78, 5) is 2.51.